The van der Waals surface area contributed by atoms with E-state index in [1.165, 1.54) is 16.7 Å². The molecule has 1 saturated heterocycles. The lowest BCUT2D eigenvalue weighted by atomic mass is 10.0. The fourth-order valence-electron chi connectivity index (χ4n) is 4.44. The Morgan fingerprint density at radius 3 is 2.50 bits per heavy atom. The number of hydrogen-bond acceptors (Lipinski definition) is 4. The molecule has 0 saturated carbocycles. The van der Waals surface area contributed by atoms with Gasteiger partial charge in [0.15, 0.2) is 0 Å². The number of rotatable bonds is 5. The number of aryl methyl sites for hydroxylation is 1. The smallest absolute Gasteiger partial charge is 0.269 e. The third-order valence-corrected chi connectivity index (χ3v) is 7.85. The largest absolute Gasteiger partial charge is 0.350 e. The molecular weight excluding hydrogens is 470 g/mol. The van der Waals surface area contributed by atoms with Crippen LogP contribution in [-0.2, 0) is 25.8 Å². The molecule has 172 valence electrons. The second kappa shape index (κ2) is 8.81. The van der Waals surface area contributed by atoms with Gasteiger partial charge in [-0.2, -0.15) is 0 Å². The molecule has 5 rings (SSSR count). The van der Waals surface area contributed by atoms with Gasteiger partial charge in [-0.3, -0.25) is 24.2 Å². The van der Waals surface area contributed by atoms with E-state index in [1.54, 1.807) is 11.0 Å². The van der Waals surface area contributed by atoms with Gasteiger partial charge in [0.2, 0.25) is 16.7 Å². The van der Waals surface area contributed by atoms with E-state index in [-0.39, 0.29) is 36.6 Å². The van der Waals surface area contributed by atoms with E-state index >= 15 is 0 Å². The molecule has 3 amide bonds. The van der Waals surface area contributed by atoms with Crippen LogP contribution in [0.15, 0.2) is 72.8 Å². The highest BCUT2D eigenvalue weighted by Gasteiger charge is 2.61. The fraction of sp³-hybridized carbons (Fsp3) is 0.192. The molecule has 1 fully saturated rings. The number of para-hydroxylation sites is 1. The maximum Gasteiger partial charge on any atom is 0.269 e. The molecule has 2 heterocycles. The van der Waals surface area contributed by atoms with Crippen molar-refractivity contribution in [2.75, 3.05) is 22.1 Å². The van der Waals surface area contributed by atoms with Crippen molar-refractivity contribution < 1.29 is 14.4 Å². The molecular formula is C26H22ClN3O3S. The van der Waals surface area contributed by atoms with Crippen LogP contribution in [-0.4, -0.2) is 30.0 Å². The third-order valence-electron chi connectivity index (χ3n) is 6.09. The van der Waals surface area contributed by atoms with Crippen LogP contribution in [0, 0.1) is 6.92 Å². The number of thioether (sulfide) groups is 1. The molecule has 1 spiro atoms. The average Bonchev–Trinajstić information content (AvgIpc) is 3.30. The number of carbonyl (C=O) groups excluding carboxylic acids is 3. The van der Waals surface area contributed by atoms with Gasteiger partial charge < -0.3 is 5.32 Å². The van der Waals surface area contributed by atoms with Crippen molar-refractivity contribution in [3.05, 3.63) is 94.5 Å². The summed E-state index contributed by atoms with van der Waals surface area (Å²) in [5.74, 6) is -0.558. The molecule has 1 N–H and O–H groups in total. The van der Waals surface area contributed by atoms with Crippen molar-refractivity contribution in [1.82, 2.24) is 5.32 Å². The van der Waals surface area contributed by atoms with Crippen LogP contribution in [0.2, 0.25) is 5.02 Å². The molecule has 0 aliphatic carbocycles. The topological polar surface area (TPSA) is 69.7 Å². The molecule has 34 heavy (non-hydrogen) atoms. The number of fused-ring (bicyclic) bond motifs is 2. The average molecular weight is 492 g/mol. The zero-order chi connectivity index (χ0) is 23.9. The number of nitrogens with zero attached hydrogens (tertiary/aromatic N) is 2. The van der Waals surface area contributed by atoms with E-state index in [2.05, 4.69) is 5.32 Å². The van der Waals surface area contributed by atoms with E-state index < -0.39 is 4.87 Å². The predicted molar refractivity (Wildman–Crippen MR) is 135 cm³/mol. The van der Waals surface area contributed by atoms with Crippen LogP contribution in [0.25, 0.3) is 0 Å². The number of carbonyl (C=O) groups is 3. The monoisotopic (exact) mass is 491 g/mol. The number of hydrogen-bond donors (Lipinski definition) is 1. The third kappa shape index (κ3) is 3.65. The highest BCUT2D eigenvalue weighted by atomic mass is 35.5. The van der Waals surface area contributed by atoms with E-state index in [4.69, 9.17) is 11.6 Å². The summed E-state index contributed by atoms with van der Waals surface area (Å²) in [4.78, 5) is 41.7. The number of amides is 3. The van der Waals surface area contributed by atoms with Gasteiger partial charge in [-0.25, -0.2) is 0 Å². The maximum absolute atomic E-state index is 14.0. The summed E-state index contributed by atoms with van der Waals surface area (Å²) in [7, 11) is 0. The van der Waals surface area contributed by atoms with Crippen molar-refractivity contribution in [2.45, 2.75) is 18.3 Å². The first-order valence-electron chi connectivity index (χ1n) is 10.9. The quantitative estimate of drug-likeness (QED) is 0.579. The van der Waals surface area contributed by atoms with Crippen molar-refractivity contribution in [1.29, 1.82) is 0 Å². The van der Waals surface area contributed by atoms with Gasteiger partial charge >= 0.3 is 0 Å². The van der Waals surface area contributed by atoms with Crippen molar-refractivity contribution >= 4 is 52.5 Å². The Balaban J connectivity index is 1.45. The molecule has 0 unspecified atom stereocenters. The van der Waals surface area contributed by atoms with Gasteiger partial charge in [-0.1, -0.05) is 65.7 Å². The molecule has 3 aromatic rings. The highest BCUT2D eigenvalue weighted by Crippen LogP contribution is 2.55. The Morgan fingerprint density at radius 1 is 1.03 bits per heavy atom. The summed E-state index contributed by atoms with van der Waals surface area (Å²) in [5, 5.41) is 3.42. The van der Waals surface area contributed by atoms with Crippen LogP contribution in [0.3, 0.4) is 0 Å². The second-order valence-corrected chi connectivity index (χ2v) is 9.85. The zero-order valence-electron chi connectivity index (χ0n) is 18.5. The van der Waals surface area contributed by atoms with Crippen LogP contribution in [0.5, 0.6) is 0 Å². The van der Waals surface area contributed by atoms with Gasteiger partial charge in [0.25, 0.3) is 5.91 Å². The SMILES string of the molecule is Cc1ccc(N2C(=O)CS[C@]23C(=O)N(CC(=O)NCc2ccccc2Cl)c2ccccc23)cc1. The minimum absolute atomic E-state index is 0.137. The minimum Gasteiger partial charge on any atom is -0.350 e. The zero-order valence-corrected chi connectivity index (χ0v) is 20.0. The van der Waals surface area contributed by atoms with Gasteiger partial charge in [-0.05, 0) is 36.8 Å². The van der Waals surface area contributed by atoms with Crippen molar-refractivity contribution in [3.8, 4) is 0 Å². The number of halogens is 1. The maximum atomic E-state index is 14.0. The van der Waals surface area contributed by atoms with E-state index in [9.17, 15) is 14.4 Å². The lowest BCUT2D eigenvalue weighted by molar-refractivity contribution is -0.125. The van der Waals surface area contributed by atoms with Gasteiger partial charge in [-0.15, -0.1) is 11.8 Å². The summed E-state index contributed by atoms with van der Waals surface area (Å²) in [6.45, 7) is 2.08. The summed E-state index contributed by atoms with van der Waals surface area (Å²) in [6, 6.07) is 22.2. The molecule has 3 aromatic carbocycles. The predicted octanol–water partition coefficient (Wildman–Crippen LogP) is 4.24. The Kier molecular flexibility index (Phi) is 5.83. The standard InChI is InChI=1S/C26H22ClN3O3S/c1-17-10-12-19(13-11-17)30-24(32)16-34-26(30)20-7-3-5-9-22(20)29(25(26)33)15-23(31)28-14-18-6-2-4-8-21(18)27/h2-13H,14-16H2,1H3,(H,28,31)/t26-/m1/s1. The molecule has 0 radical (unpaired) electrons. The lowest BCUT2D eigenvalue weighted by Crippen LogP contribution is -2.51. The summed E-state index contributed by atoms with van der Waals surface area (Å²) in [5.41, 5.74) is 3.88. The van der Waals surface area contributed by atoms with Crippen LogP contribution >= 0.6 is 23.4 Å². The van der Waals surface area contributed by atoms with Crippen LogP contribution < -0.4 is 15.1 Å². The number of anilines is 2. The molecule has 8 heteroatoms. The van der Waals surface area contributed by atoms with Crippen LogP contribution in [0.4, 0.5) is 11.4 Å². The van der Waals surface area contributed by atoms with Crippen molar-refractivity contribution in [2.24, 2.45) is 0 Å². The lowest BCUT2D eigenvalue weighted by Gasteiger charge is -2.33. The Labute approximate surface area is 206 Å². The highest BCUT2D eigenvalue weighted by molar-refractivity contribution is 8.02. The molecule has 2 aliphatic rings. The number of nitrogens with one attached hydrogen (secondary N) is 1. The number of benzene rings is 3. The molecule has 6 nitrogen and oxygen atoms in total. The second-order valence-electron chi connectivity index (χ2n) is 8.27. The van der Waals surface area contributed by atoms with E-state index in [0.717, 1.165) is 16.7 Å². The first-order valence-corrected chi connectivity index (χ1v) is 12.2. The van der Waals surface area contributed by atoms with Gasteiger partial charge in [0, 0.05) is 22.8 Å². The summed E-state index contributed by atoms with van der Waals surface area (Å²) < 4.78 is 0. The molecule has 0 aromatic heterocycles. The molecule has 0 bridgehead atoms. The normalized spacial score (nSPS) is 19.1. The van der Waals surface area contributed by atoms with Crippen molar-refractivity contribution in [3.63, 3.8) is 0 Å². The minimum atomic E-state index is -1.23. The first kappa shape index (κ1) is 22.5. The summed E-state index contributed by atoms with van der Waals surface area (Å²) in [6.07, 6.45) is 0. The van der Waals surface area contributed by atoms with Gasteiger partial charge in [0.05, 0.1) is 11.4 Å². The summed E-state index contributed by atoms with van der Waals surface area (Å²) >= 11 is 7.49. The Bertz CT molecular complexity index is 1300. The Hall–Kier alpha value is -3.29. The van der Waals surface area contributed by atoms with Gasteiger partial charge in [0.1, 0.15) is 6.54 Å². The van der Waals surface area contributed by atoms with Crippen LogP contribution in [0.1, 0.15) is 16.7 Å². The first-order chi connectivity index (χ1) is 16.4. The molecule has 2 aliphatic heterocycles. The van der Waals surface area contributed by atoms with E-state index in [1.807, 2.05) is 73.7 Å². The molecule has 1 atom stereocenters. The fourth-order valence-corrected chi connectivity index (χ4v) is 6.00. The Morgan fingerprint density at radius 2 is 1.74 bits per heavy atom. The van der Waals surface area contributed by atoms with E-state index in [0.29, 0.717) is 16.4 Å².